The molecule has 5 heteroatoms. The van der Waals surface area contributed by atoms with Crippen LogP contribution in [0.25, 0.3) is 11.5 Å². The number of benzene rings is 1. The van der Waals surface area contributed by atoms with Gasteiger partial charge in [-0.15, -0.1) is 0 Å². The van der Waals surface area contributed by atoms with Crippen LogP contribution in [-0.2, 0) is 4.74 Å². The summed E-state index contributed by atoms with van der Waals surface area (Å²) in [6.07, 6.45) is 2.03. The summed E-state index contributed by atoms with van der Waals surface area (Å²) in [5.41, 5.74) is 0.563. The molecule has 18 heavy (non-hydrogen) atoms. The first kappa shape index (κ1) is 11.2. The van der Waals surface area contributed by atoms with Gasteiger partial charge in [0.2, 0.25) is 0 Å². The predicted molar refractivity (Wildman–Crippen MR) is 64.2 cm³/mol. The van der Waals surface area contributed by atoms with E-state index in [0.717, 1.165) is 19.4 Å². The van der Waals surface area contributed by atoms with E-state index in [4.69, 9.17) is 9.26 Å². The molecule has 1 fully saturated rings. The summed E-state index contributed by atoms with van der Waals surface area (Å²) >= 11 is 0. The van der Waals surface area contributed by atoms with E-state index < -0.39 is 0 Å². The van der Waals surface area contributed by atoms with Crippen molar-refractivity contribution in [2.24, 2.45) is 0 Å². The Labute approximate surface area is 104 Å². The fourth-order valence-corrected chi connectivity index (χ4v) is 2.11. The molecular formula is C13H14N2O3. The van der Waals surface area contributed by atoms with Crippen molar-refractivity contribution in [1.29, 1.82) is 0 Å². The summed E-state index contributed by atoms with van der Waals surface area (Å²) in [5, 5.41) is 13.7. The van der Waals surface area contributed by atoms with Crippen molar-refractivity contribution in [2.75, 3.05) is 13.2 Å². The Bertz CT molecular complexity index is 533. The molecule has 94 valence electrons. The average Bonchev–Trinajstić information content (AvgIpc) is 2.90. The van der Waals surface area contributed by atoms with Crippen molar-refractivity contribution in [2.45, 2.75) is 18.8 Å². The molecular weight excluding hydrogens is 232 g/mol. The van der Waals surface area contributed by atoms with E-state index in [1.807, 2.05) is 6.07 Å². The Morgan fingerprint density at radius 1 is 1.28 bits per heavy atom. The molecule has 1 aromatic carbocycles. The van der Waals surface area contributed by atoms with Crippen molar-refractivity contribution in [1.82, 2.24) is 10.1 Å². The quantitative estimate of drug-likeness (QED) is 0.880. The minimum absolute atomic E-state index is 0.146. The lowest BCUT2D eigenvalue weighted by Crippen LogP contribution is -2.16. The molecule has 1 aromatic heterocycles. The molecule has 0 bridgehead atoms. The fraction of sp³-hybridized carbons (Fsp3) is 0.385. The second-order valence-corrected chi connectivity index (χ2v) is 4.39. The van der Waals surface area contributed by atoms with Crippen molar-refractivity contribution < 1.29 is 14.4 Å². The number of aromatic hydroxyl groups is 1. The molecule has 1 unspecified atom stereocenters. The summed E-state index contributed by atoms with van der Waals surface area (Å²) < 4.78 is 10.6. The number of hydrogen-bond acceptors (Lipinski definition) is 5. The number of aromatic nitrogens is 2. The highest BCUT2D eigenvalue weighted by molar-refractivity contribution is 5.61. The number of rotatable bonds is 2. The van der Waals surface area contributed by atoms with Crippen molar-refractivity contribution >= 4 is 0 Å². The molecule has 1 saturated heterocycles. The first-order valence-electron chi connectivity index (χ1n) is 6.04. The monoisotopic (exact) mass is 246 g/mol. The van der Waals surface area contributed by atoms with Crippen LogP contribution in [0.15, 0.2) is 28.8 Å². The zero-order valence-corrected chi connectivity index (χ0v) is 9.87. The molecule has 0 saturated carbocycles. The molecule has 5 nitrogen and oxygen atoms in total. The Balaban J connectivity index is 1.87. The average molecular weight is 246 g/mol. The molecule has 2 heterocycles. The van der Waals surface area contributed by atoms with Gasteiger partial charge in [-0.05, 0) is 25.0 Å². The van der Waals surface area contributed by atoms with Crippen LogP contribution in [0.4, 0.5) is 0 Å². The van der Waals surface area contributed by atoms with Gasteiger partial charge in [-0.2, -0.15) is 4.98 Å². The summed E-state index contributed by atoms with van der Waals surface area (Å²) in [6, 6.07) is 6.93. The number of phenols is 1. The smallest absolute Gasteiger partial charge is 0.261 e. The van der Waals surface area contributed by atoms with Gasteiger partial charge >= 0.3 is 0 Å². The molecule has 3 rings (SSSR count). The zero-order chi connectivity index (χ0) is 12.4. The van der Waals surface area contributed by atoms with Crippen LogP contribution >= 0.6 is 0 Å². The lowest BCUT2D eigenvalue weighted by Gasteiger charge is -2.18. The highest BCUT2D eigenvalue weighted by Crippen LogP contribution is 2.29. The molecule has 0 aliphatic carbocycles. The molecule has 0 amide bonds. The Morgan fingerprint density at radius 2 is 2.17 bits per heavy atom. The van der Waals surface area contributed by atoms with Gasteiger partial charge in [0.15, 0.2) is 5.82 Å². The third kappa shape index (κ3) is 2.09. The third-order valence-corrected chi connectivity index (χ3v) is 3.10. The van der Waals surface area contributed by atoms with Gasteiger partial charge in [0.1, 0.15) is 5.75 Å². The van der Waals surface area contributed by atoms with Crippen LogP contribution < -0.4 is 0 Å². The van der Waals surface area contributed by atoms with Crippen LogP contribution in [0.3, 0.4) is 0 Å². The summed E-state index contributed by atoms with van der Waals surface area (Å²) in [5.74, 6) is 1.36. The largest absolute Gasteiger partial charge is 0.507 e. The number of para-hydroxylation sites is 1. The third-order valence-electron chi connectivity index (χ3n) is 3.10. The number of ether oxygens (including phenoxy) is 1. The van der Waals surface area contributed by atoms with E-state index in [-0.39, 0.29) is 11.7 Å². The minimum Gasteiger partial charge on any atom is -0.507 e. The zero-order valence-electron chi connectivity index (χ0n) is 9.87. The predicted octanol–water partition coefficient (Wildman–Crippen LogP) is 2.34. The second kappa shape index (κ2) is 4.78. The second-order valence-electron chi connectivity index (χ2n) is 4.39. The minimum atomic E-state index is 0.146. The van der Waals surface area contributed by atoms with Gasteiger partial charge in [-0.25, -0.2) is 0 Å². The molecule has 1 atom stereocenters. The van der Waals surface area contributed by atoms with E-state index in [1.165, 1.54) is 0 Å². The molecule has 1 aliphatic rings. The van der Waals surface area contributed by atoms with E-state index in [0.29, 0.717) is 23.9 Å². The molecule has 0 spiro atoms. The highest BCUT2D eigenvalue weighted by atomic mass is 16.5. The number of phenolic OH excluding ortho intramolecular Hbond substituents is 1. The van der Waals surface area contributed by atoms with E-state index in [1.54, 1.807) is 18.2 Å². The molecule has 0 radical (unpaired) electrons. The Kier molecular flexibility index (Phi) is 2.98. The highest BCUT2D eigenvalue weighted by Gasteiger charge is 2.22. The first-order valence-corrected chi connectivity index (χ1v) is 6.04. The van der Waals surface area contributed by atoms with Gasteiger partial charge in [0.25, 0.3) is 5.89 Å². The molecule has 1 aliphatic heterocycles. The lowest BCUT2D eigenvalue weighted by molar-refractivity contribution is 0.0773. The van der Waals surface area contributed by atoms with Crippen LogP contribution in [0, 0.1) is 0 Å². The Hall–Kier alpha value is -1.88. The SMILES string of the molecule is Oc1ccccc1-c1nc(C2CCCOC2)no1. The normalized spacial score (nSPS) is 19.9. The van der Waals surface area contributed by atoms with Gasteiger partial charge in [-0.1, -0.05) is 17.3 Å². The van der Waals surface area contributed by atoms with E-state index >= 15 is 0 Å². The van der Waals surface area contributed by atoms with Gasteiger partial charge in [-0.3, -0.25) is 0 Å². The maximum absolute atomic E-state index is 9.73. The Morgan fingerprint density at radius 3 is 2.94 bits per heavy atom. The van der Waals surface area contributed by atoms with E-state index in [2.05, 4.69) is 10.1 Å². The van der Waals surface area contributed by atoms with Crippen LogP contribution in [-0.4, -0.2) is 28.5 Å². The van der Waals surface area contributed by atoms with Crippen molar-refractivity contribution in [3.63, 3.8) is 0 Å². The van der Waals surface area contributed by atoms with Crippen LogP contribution in [0.1, 0.15) is 24.6 Å². The summed E-state index contributed by atoms with van der Waals surface area (Å²) in [6.45, 7) is 1.44. The van der Waals surface area contributed by atoms with Gasteiger partial charge in [0, 0.05) is 12.5 Å². The number of nitrogens with zero attached hydrogens (tertiary/aromatic N) is 2. The number of hydrogen-bond donors (Lipinski definition) is 1. The molecule has 1 N–H and O–H groups in total. The van der Waals surface area contributed by atoms with Crippen LogP contribution in [0.2, 0.25) is 0 Å². The van der Waals surface area contributed by atoms with Gasteiger partial charge < -0.3 is 14.4 Å². The maximum atomic E-state index is 9.73. The fourth-order valence-electron chi connectivity index (χ4n) is 2.11. The van der Waals surface area contributed by atoms with Crippen molar-refractivity contribution in [3.05, 3.63) is 30.1 Å². The summed E-state index contributed by atoms with van der Waals surface area (Å²) in [4.78, 5) is 4.35. The van der Waals surface area contributed by atoms with Crippen LogP contribution in [0.5, 0.6) is 5.75 Å². The summed E-state index contributed by atoms with van der Waals surface area (Å²) in [7, 11) is 0. The lowest BCUT2D eigenvalue weighted by atomic mass is 10.0. The standard InChI is InChI=1S/C13H14N2O3/c16-11-6-2-1-5-10(11)13-14-12(15-18-13)9-4-3-7-17-8-9/h1-2,5-6,9,16H,3-4,7-8H2. The van der Waals surface area contributed by atoms with Crippen molar-refractivity contribution in [3.8, 4) is 17.2 Å². The first-order chi connectivity index (χ1) is 8.84. The molecule has 2 aromatic rings. The van der Waals surface area contributed by atoms with E-state index in [9.17, 15) is 5.11 Å². The van der Waals surface area contributed by atoms with Gasteiger partial charge in [0.05, 0.1) is 12.2 Å². The maximum Gasteiger partial charge on any atom is 0.261 e. The topological polar surface area (TPSA) is 68.4 Å².